The summed E-state index contributed by atoms with van der Waals surface area (Å²) < 4.78 is 15.1. The summed E-state index contributed by atoms with van der Waals surface area (Å²) in [4.78, 5) is 18.1. The molecule has 1 saturated heterocycles. The number of nitrogens with one attached hydrogen (secondary N) is 1. The van der Waals surface area contributed by atoms with E-state index in [0.717, 1.165) is 55.2 Å². The summed E-state index contributed by atoms with van der Waals surface area (Å²) in [5, 5.41) is 7.33. The fourth-order valence-electron chi connectivity index (χ4n) is 3.54. The first kappa shape index (κ1) is 17.5. The van der Waals surface area contributed by atoms with Crippen molar-refractivity contribution in [1.29, 1.82) is 0 Å². The number of halogens is 1. The molecule has 140 valence electrons. The fourth-order valence-corrected chi connectivity index (χ4v) is 3.54. The predicted octanol–water partition coefficient (Wildman–Crippen LogP) is 2.89. The molecule has 4 rings (SSSR count). The number of hydrogen-bond donors (Lipinski definition) is 1. The van der Waals surface area contributed by atoms with Crippen molar-refractivity contribution < 1.29 is 9.18 Å². The van der Waals surface area contributed by atoms with Crippen molar-refractivity contribution in [3.05, 3.63) is 48.4 Å². The van der Waals surface area contributed by atoms with Crippen LogP contribution in [-0.4, -0.2) is 40.1 Å². The molecule has 1 aliphatic heterocycles. The van der Waals surface area contributed by atoms with E-state index in [2.05, 4.69) is 20.3 Å². The topological polar surface area (TPSA) is 62.5 Å². The van der Waals surface area contributed by atoms with Gasteiger partial charge in [-0.25, -0.2) is 9.37 Å². The quantitative estimate of drug-likeness (QED) is 0.770. The van der Waals surface area contributed by atoms with E-state index in [9.17, 15) is 9.18 Å². The predicted molar refractivity (Wildman–Crippen MR) is 102 cm³/mol. The van der Waals surface area contributed by atoms with Crippen LogP contribution >= 0.6 is 0 Å². The summed E-state index contributed by atoms with van der Waals surface area (Å²) in [6.45, 7) is 4.08. The van der Waals surface area contributed by atoms with Crippen LogP contribution in [-0.2, 0) is 4.79 Å². The lowest BCUT2D eigenvalue weighted by Crippen LogP contribution is -2.39. The molecule has 0 spiro atoms. The summed E-state index contributed by atoms with van der Waals surface area (Å²) in [5.41, 5.74) is 2.45. The third kappa shape index (κ3) is 3.77. The summed E-state index contributed by atoms with van der Waals surface area (Å²) >= 11 is 0. The fraction of sp³-hybridized carbons (Fsp3) is 0.350. The van der Waals surface area contributed by atoms with E-state index in [-0.39, 0.29) is 11.7 Å². The Labute approximate surface area is 157 Å². The summed E-state index contributed by atoms with van der Waals surface area (Å²) in [6, 6.07) is 10.3. The van der Waals surface area contributed by atoms with Gasteiger partial charge in [-0.05, 0) is 43.0 Å². The van der Waals surface area contributed by atoms with Crippen LogP contribution in [0.4, 0.5) is 10.2 Å². The average molecular weight is 367 g/mol. The number of benzene rings is 1. The number of aromatic nitrogens is 3. The Bertz CT molecular complexity index is 945. The first-order chi connectivity index (χ1) is 13.1. The van der Waals surface area contributed by atoms with Gasteiger partial charge in [0.25, 0.3) is 0 Å². The van der Waals surface area contributed by atoms with Gasteiger partial charge in [0.05, 0.1) is 11.9 Å². The van der Waals surface area contributed by atoms with E-state index in [4.69, 9.17) is 0 Å². The van der Waals surface area contributed by atoms with Crippen LogP contribution in [0, 0.1) is 11.7 Å². The Morgan fingerprint density at radius 3 is 2.67 bits per heavy atom. The minimum absolute atomic E-state index is 0.0220. The van der Waals surface area contributed by atoms with E-state index in [1.165, 1.54) is 12.1 Å². The van der Waals surface area contributed by atoms with E-state index in [1.807, 2.05) is 16.6 Å². The molecule has 0 bridgehead atoms. The zero-order valence-electron chi connectivity index (χ0n) is 15.2. The van der Waals surface area contributed by atoms with E-state index >= 15 is 0 Å². The lowest BCUT2D eigenvalue weighted by molar-refractivity contribution is -0.119. The van der Waals surface area contributed by atoms with Crippen LogP contribution in [0.25, 0.3) is 16.9 Å². The maximum absolute atomic E-state index is 13.3. The first-order valence-electron chi connectivity index (χ1n) is 9.20. The maximum atomic E-state index is 13.3. The van der Waals surface area contributed by atoms with Gasteiger partial charge in [-0.3, -0.25) is 4.79 Å². The number of fused-ring (bicyclic) bond motifs is 1. The van der Waals surface area contributed by atoms with Crippen LogP contribution in [0.5, 0.6) is 0 Å². The second kappa shape index (κ2) is 7.34. The molecule has 1 aliphatic rings. The number of piperidine rings is 1. The normalized spacial score (nSPS) is 15.3. The van der Waals surface area contributed by atoms with E-state index in [0.29, 0.717) is 5.92 Å². The van der Waals surface area contributed by atoms with Crippen molar-refractivity contribution >= 4 is 17.4 Å². The zero-order chi connectivity index (χ0) is 18.8. The molecule has 7 heteroatoms. The largest absolute Gasteiger partial charge is 0.356 e. The summed E-state index contributed by atoms with van der Waals surface area (Å²) in [7, 11) is 0. The third-order valence-electron chi connectivity index (χ3n) is 5.06. The SMILES string of the molecule is CC(=O)NCC1CCN(c2cc(-c3ccc(F)cc3)nc3ccnn23)CC1. The average Bonchev–Trinajstić information content (AvgIpc) is 3.15. The number of rotatable bonds is 4. The number of nitrogens with zero attached hydrogens (tertiary/aromatic N) is 4. The Hall–Kier alpha value is -2.96. The Balaban J connectivity index is 1.59. The van der Waals surface area contributed by atoms with E-state index < -0.39 is 0 Å². The lowest BCUT2D eigenvalue weighted by atomic mass is 9.96. The van der Waals surface area contributed by atoms with Gasteiger partial charge in [-0.2, -0.15) is 9.61 Å². The molecule has 1 amide bonds. The van der Waals surface area contributed by atoms with Crippen molar-refractivity contribution in [1.82, 2.24) is 19.9 Å². The summed E-state index contributed by atoms with van der Waals surface area (Å²) in [6.07, 6.45) is 3.76. The van der Waals surface area contributed by atoms with Gasteiger partial charge in [0.1, 0.15) is 11.6 Å². The van der Waals surface area contributed by atoms with Gasteiger partial charge in [0, 0.05) is 44.3 Å². The standard InChI is InChI=1S/C20H22FN5O/c1-14(27)22-13-15-7-10-25(11-8-15)20-12-18(16-2-4-17(21)5-3-16)24-19-6-9-23-26(19)20/h2-6,9,12,15H,7-8,10-11,13H2,1H3,(H,22,27). The number of amides is 1. The molecular formula is C20H22FN5O. The van der Waals surface area contributed by atoms with Crippen molar-refractivity contribution in [3.8, 4) is 11.3 Å². The summed E-state index contributed by atoms with van der Waals surface area (Å²) in [5.74, 6) is 1.25. The highest BCUT2D eigenvalue weighted by molar-refractivity contribution is 5.72. The van der Waals surface area contributed by atoms with Gasteiger partial charge >= 0.3 is 0 Å². The highest BCUT2D eigenvalue weighted by atomic mass is 19.1. The van der Waals surface area contributed by atoms with Gasteiger partial charge in [-0.1, -0.05) is 0 Å². The molecule has 1 N–H and O–H groups in total. The van der Waals surface area contributed by atoms with Gasteiger partial charge in [0.15, 0.2) is 5.65 Å². The first-order valence-corrected chi connectivity index (χ1v) is 9.20. The highest BCUT2D eigenvalue weighted by Gasteiger charge is 2.22. The molecule has 1 fully saturated rings. The molecule has 3 heterocycles. The Morgan fingerprint density at radius 2 is 1.96 bits per heavy atom. The number of carbonyl (C=O) groups is 1. The minimum Gasteiger partial charge on any atom is -0.356 e. The number of carbonyl (C=O) groups excluding carboxylic acids is 1. The van der Waals surface area contributed by atoms with Crippen molar-refractivity contribution in [3.63, 3.8) is 0 Å². The maximum Gasteiger partial charge on any atom is 0.216 e. The van der Waals surface area contributed by atoms with Crippen molar-refractivity contribution in [2.45, 2.75) is 19.8 Å². The van der Waals surface area contributed by atoms with Gasteiger partial charge in [0.2, 0.25) is 5.91 Å². The second-order valence-corrected chi connectivity index (χ2v) is 6.98. The monoisotopic (exact) mass is 367 g/mol. The molecule has 0 unspecified atom stereocenters. The molecular weight excluding hydrogens is 345 g/mol. The number of hydrogen-bond acceptors (Lipinski definition) is 4. The highest BCUT2D eigenvalue weighted by Crippen LogP contribution is 2.28. The van der Waals surface area contributed by atoms with Crippen LogP contribution in [0.2, 0.25) is 0 Å². The van der Waals surface area contributed by atoms with Crippen LogP contribution < -0.4 is 10.2 Å². The molecule has 0 aliphatic carbocycles. The zero-order valence-corrected chi connectivity index (χ0v) is 15.2. The molecule has 0 atom stereocenters. The molecule has 3 aromatic rings. The minimum atomic E-state index is -0.259. The van der Waals surface area contributed by atoms with Crippen LogP contribution in [0.3, 0.4) is 0 Å². The molecule has 6 nitrogen and oxygen atoms in total. The molecule has 0 radical (unpaired) electrons. The van der Waals surface area contributed by atoms with Crippen molar-refractivity contribution in [2.24, 2.45) is 5.92 Å². The second-order valence-electron chi connectivity index (χ2n) is 6.98. The smallest absolute Gasteiger partial charge is 0.216 e. The molecule has 27 heavy (non-hydrogen) atoms. The molecule has 2 aromatic heterocycles. The number of anilines is 1. The Kier molecular flexibility index (Phi) is 4.75. The van der Waals surface area contributed by atoms with Gasteiger partial charge < -0.3 is 10.2 Å². The van der Waals surface area contributed by atoms with Crippen LogP contribution in [0.15, 0.2) is 42.6 Å². The van der Waals surface area contributed by atoms with Crippen molar-refractivity contribution in [2.75, 3.05) is 24.5 Å². The van der Waals surface area contributed by atoms with Crippen LogP contribution in [0.1, 0.15) is 19.8 Å². The van der Waals surface area contributed by atoms with Gasteiger partial charge in [-0.15, -0.1) is 0 Å². The third-order valence-corrected chi connectivity index (χ3v) is 5.06. The van der Waals surface area contributed by atoms with E-state index in [1.54, 1.807) is 25.3 Å². The Morgan fingerprint density at radius 1 is 1.22 bits per heavy atom. The molecule has 0 saturated carbocycles. The lowest BCUT2D eigenvalue weighted by Gasteiger charge is -2.33. The molecule has 1 aromatic carbocycles.